The third-order valence-electron chi connectivity index (χ3n) is 3.87. The number of aryl methyl sites for hydroxylation is 2. The van der Waals surface area contributed by atoms with Crippen LogP contribution >= 0.6 is 0 Å². The van der Waals surface area contributed by atoms with Crippen LogP contribution in [0, 0.1) is 13.8 Å². The minimum atomic E-state index is 1.08. The second kappa shape index (κ2) is 6.40. The number of benzene rings is 3. The van der Waals surface area contributed by atoms with Gasteiger partial charge in [-0.15, -0.1) is 0 Å². The lowest BCUT2D eigenvalue weighted by Crippen LogP contribution is -1.79. The molecule has 4 aromatic rings. The molecule has 0 saturated carbocycles. The van der Waals surface area contributed by atoms with Gasteiger partial charge >= 0.3 is 0 Å². The van der Waals surface area contributed by atoms with Crippen LogP contribution in [0.3, 0.4) is 0 Å². The number of nitrogens with zero attached hydrogens (tertiary/aromatic N) is 1. The number of pyridine rings is 1. The summed E-state index contributed by atoms with van der Waals surface area (Å²) >= 11 is 0. The summed E-state index contributed by atoms with van der Waals surface area (Å²) in [5, 5.41) is 3.93. The maximum absolute atomic E-state index is 4.24. The van der Waals surface area contributed by atoms with E-state index >= 15 is 0 Å². The summed E-state index contributed by atoms with van der Waals surface area (Å²) in [7, 11) is 0. The molecule has 0 fully saturated rings. The van der Waals surface area contributed by atoms with Crippen LogP contribution in [0.2, 0.25) is 0 Å². The van der Waals surface area contributed by atoms with Crippen LogP contribution < -0.4 is 0 Å². The second-order valence-corrected chi connectivity index (χ2v) is 5.44. The third kappa shape index (κ3) is 2.99. The van der Waals surface area contributed by atoms with Crippen molar-refractivity contribution in [1.82, 2.24) is 4.98 Å². The van der Waals surface area contributed by atoms with Crippen LogP contribution in [0.15, 0.2) is 79.0 Å². The quantitative estimate of drug-likeness (QED) is 0.404. The molecule has 1 nitrogen and oxygen atoms in total. The average Bonchev–Trinajstić information content (AvgIpc) is 2.57. The maximum Gasteiger partial charge on any atom is 0.0704 e. The zero-order valence-electron chi connectivity index (χ0n) is 13.0. The number of fused-ring (bicyclic) bond motifs is 2. The van der Waals surface area contributed by atoms with Gasteiger partial charge in [-0.1, -0.05) is 60.7 Å². The summed E-state index contributed by atoms with van der Waals surface area (Å²) in [6.45, 7) is 4.24. The summed E-state index contributed by atoms with van der Waals surface area (Å²) < 4.78 is 0. The summed E-state index contributed by atoms with van der Waals surface area (Å²) in [5.41, 5.74) is 3.71. The Kier molecular flexibility index (Phi) is 4.15. The normalized spacial score (nSPS) is 10.3. The molecule has 0 amide bonds. The molecule has 0 aliphatic rings. The van der Waals surface area contributed by atoms with Crippen molar-refractivity contribution < 1.29 is 0 Å². The van der Waals surface area contributed by atoms with Crippen molar-refractivity contribution in [2.45, 2.75) is 13.8 Å². The topological polar surface area (TPSA) is 12.9 Å². The highest BCUT2D eigenvalue weighted by molar-refractivity contribution is 5.85. The molecule has 0 spiro atoms. The number of hydrogen-bond acceptors (Lipinski definition) is 1. The first-order valence-corrected chi connectivity index (χ1v) is 7.50. The Hall–Kier alpha value is -2.67. The van der Waals surface area contributed by atoms with E-state index in [2.05, 4.69) is 73.4 Å². The van der Waals surface area contributed by atoms with E-state index in [1.807, 2.05) is 24.4 Å². The van der Waals surface area contributed by atoms with Crippen molar-refractivity contribution >= 4 is 21.7 Å². The largest absolute Gasteiger partial charge is 0.256 e. The zero-order valence-corrected chi connectivity index (χ0v) is 13.0. The van der Waals surface area contributed by atoms with Gasteiger partial charge in [0.25, 0.3) is 0 Å². The standard InChI is InChI=1S/C11H10.C10H9N/c1-9-5-4-7-10-6-2-3-8-11(9)10;1-8-4-2-6-10-9(8)5-3-7-11-10/h2-8H,1H3;2-7H,1H3. The summed E-state index contributed by atoms with van der Waals surface area (Å²) in [6.07, 6.45) is 1.82. The fourth-order valence-corrected chi connectivity index (χ4v) is 2.64. The highest BCUT2D eigenvalue weighted by Gasteiger charge is 1.93. The third-order valence-corrected chi connectivity index (χ3v) is 3.87. The van der Waals surface area contributed by atoms with E-state index in [0.29, 0.717) is 0 Å². The van der Waals surface area contributed by atoms with Crippen molar-refractivity contribution in [3.8, 4) is 0 Å². The lowest BCUT2D eigenvalue weighted by Gasteiger charge is -1.98. The van der Waals surface area contributed by atoms with Crippen LogP contribution in [-0.2, 0) is 0 Å². The molecule has 108 valence electrons. The lowest BCUT2D eigenvalue weighted by molar-refractivity contribution is 1.39. The van der Waals surface area contributed by atoms with E-state index in [9.17, 15) is 0 Å². The highest BCUT2D eigenvalue weighted by Crippen LogP contribution is 2.16. The molecular weight excluding hydrogens is 266 g/mol. The van der Waals surface area contributed by atoms with Gasteiger partial charge in [0.1, 0.15) is 0 Å². The van der Waals surface area contributed by atoms with Crippen molar-refractivity contribution in [3.05, 3.63) is 90.1 Å². The van der Waals surface area contributed by atoms with Crippen LogP contribution in [0.1, 0.15) is 11.1 Å². The molecular formula is C21H19N. The Balaban J connectivity index is 0.000000131. The Morgan fingerprint density at radius 1 is 0.591 bits per heavy atom. The second-order valence-electron chi connectivity index (χ2n) is 5.44. The maximum atomic E-state index is 4.24. The molecule has 0 N–H and O–H groups in total. The Morgan fingerprint density at radius 3 is 2.00 bits per heavy atom. The smallest absolute Gasteiger partial charge is 0.0704 e. The van der Waals surface area contributed by atoms with Gasteiger partial charge in [0.2, 0.25) is 0 Å². The molecule has 0 bridgehead atoms. The van der Waals surface area contributed by atoms with Gasteiger partial charge in [0.05, 0.1) is 5.52 Å². The van der Waals surface area contributed by atoms with E-state index < -0.39 is 0 Å². The van der Waals surface area contributed by atoms with Gasteiger partial charge in [-0.05, 0) is 47.9 Å². The van der Waals surface area contributed by atoms with E-state index in [1.165, 1.54) is 27.3 Å². The molecule has 0 radical (unpaired) electrons. The van der Waals surface area contributed by atoms with Gasteiger partial charge in [-0.2, -0.15) is 0 Å². The minimum absolute atomic E-state index is 1.08. The highest BCUT2D eigenvalue weighted by atomic mass is 14.6. The van der Waals surface area contributed by atoms with E-state index in [0.717, 1.165) is 5.52 Å². The number of hydrogen-bond donors (Lipinski definition) is 0. The molecule has 0 aliphatic carbocycles. The average molecular weight is 285 g/mol. The van der Waals surface area contributed by atoms with Crippen molar-refractivity contribution in [2.75, 3.05) is 0 Å². The molecule has 3 aromatic carbocycles. The first-order chi connectivity index (χ1) is 10.8. The van der Waals surface area contributed by atoms with Gasteiger partial charge in [0.15, 0.2) is 0 Å². The van der Waals surface area contributed by atoms with Crippen LogP contribution in [-0.4, -0.2) is 4.98 Å². The van der Waals surface area contributed by atoms with Crippen molar-refractivity contribution in [3.63, 3.8) is 0 Å². The number of rotatable bonds is 0. The summed E-state index contributed by atoms with van der Waals surface area (Å²) in [6, 6.07) is 25.1. The van der Waals surface area contributed by atoms with E-state index in [1.54, 1.807) is 0 Å². The molecule has 1 aromatic heterocycles. The van der Waals surface area contributed by atoms with E-state index in [4.69, 9.17) is 0 Å². The van der Waals surface area contributed by atoms with Gasteiger partial charge in [0, 0.05) is 11.6 Å². The Labute approximate surface area is 131 Å². The van der Waals surface area contributed by atoms with Gasteiger partial charge in [-0.25, -0.2) is 0 Å². The SMILES string of the molecule is Cc1cccc2ccccc12.Cc1cccc2ncccc12. The molecule has 22 heavy (non-hydrogen) atoms. The molecule has 1 heterocycles. The molecule has 0 saturated heterocycles. The molecule has 0 atom stereocenters. The lowest BCUT2D eigenvalue weighted by atomic mass is 10.1. The first kappa shape index (κ1) is 14.3. The van der Waals surface area contributed by atoms with Crippen molar-refractivity contribution in [2.24, 2.45) is 0 Å². The molecule has 4 rings (SSSR count). The van der Waals surface area contributed by atoms with Crippen LogP contribution in [0.4, 0.5) is 0 Å². The molecule has 1 heteroatoms. The molecule has 0 aliphatic heterocycles. The van der Waals surface area contributed by atoms with Crippen LogP contribution in [0.25, 0.3) is 21.7 Å². The van der Waals surface area contributed by atoms with Crippen LogP contribution in [0.5, 0.6) is 0 Å². The predicted octanol–water partition coefficient (Wildman–Crippen LogP) is 5.69. The summed E-state index contributed by atoms with van der Waals surface area (Å²) in [4.78, 5) is 4.24. The van der Waals surface area contributed by atoms with Gasteiger partial charge in [-0.3, -0.25) is 4.98 Å². The monoisotopic (exact) mass is 285 g/mol. The predicted molar refractivity (Wildman–Crippen MR) is 95.2 cm³/mol. The first-order valence-electron chi connectivity index (χ1n) is 7.50. The van der Waals surface area contributed by atoms with Crippen molar-refractivity contribution in [1.29, 1.82) is 0 Å². The molecule has 0 unspecified atom stereocenters. The summed E-state index contributed by atoms with van der Waals surface area (Å²) in [5.74, 6) is 0. The Bertz CT molecular complexity index is 822. The van der Waals surface area contributed by atoms with E-state index in [-0.39, 0.29) is 0 Å². The fraction of sp³-hybridized carbons (Fsp3) is 0.0952. The number of aromatic nitrogens is 1. The Morgan fingerprint density at radius 2 is 1.23 bits per heavy atom. The minimum Gasteiger partial charge on any atom is -0.256 e. The fourth-order valence-electron chi connectivity index (χ4n) is 2.64. The van der Waals surface area contributed by atoms with Gasteiger partial charge < -0.3 is 0 Å². The zero-order chi connectivity index (χ0) is 15.4.